The minimum Gasteiger partial charge on any atom is -0.506 e. The molecule has 1 amide bonds. The Bertz CT molecular complexity index is 961. The molecule has 2 atom stereocenters. The first-order valence-electron chi connectivity index (χ1n) is 9.26. The summed E-state index contributed by atoms with van der Waals surface area (Å²) in [5.74, 6) is -0.766. The highest BCUT2D eigenvalue weighted by Crippen LogP contribution is 2.34. The Morgan fingerprint density at radius 3 is 2.61 bits per heavy atom. The summed E-state index contributed by atoms with van der Waals surface area (Å²) < 4.78 is 53.3. The van der Waals surface area contributed by atoms with Crippen LogP contribution < -0.4 is 13.7 Å². The normalized spacial score (nSPS) is 24.9. The van der Waals surface area contributed by atoms with Gasteiger partial charge in [0.25, 0.3) is 5.91 Å². The summed E-state index contributed by atoms with van der Waals surface area (Å²) in [6.07, 6.45) is 4.19. The molecular formula is C17H25N3O6S2. The van der Waals surface area contributed by atoms with E-state index in [2.05, 4.69) is 4.72 Å². The van der Waals surface area contributed by atoms with E-state index in [1.54, 1.807) is 13.0 Å². The van der Waals surface area contributed by atoms with Gasteiger partial charge in [-0.2, -0.15) is 8.42 Å². The maximum atomic E-state index is 12.0. The summed E-state index contributed by atoms with van der Waals surface area (Å²) >= 11 is 0. The number of rotatable bonds is 6. The number of sulfonamides is 1. The predicted molar refractivity (Wildman–Crippen MR) is 105 cm³/mol. The highest BCUT2D eigenvalue weighted by atomic mass is 32.2. The minimum atomic E-state index is -3.99. The number of nitrogens with one attached hydrogen (secondary N) is 2. The van der Waals surface area contributed by atoms with E-state index in [1.165, 1.54) is 12.1 Å². The standard InChI is InChI=1S/C17H25N3O6S2/c1-2-27(23,24)18-14-6-4-3-5-13(14)9-12-7-8-15(16(21)10-12)20-11-17(22)19-28(20,25)26/h7-8,10,13-14,18,21H,2-6,9,11H2,1H3,(H,19,22)/t13-,14+/m0/s1. The first kappa shape index (κ1) is 20.9. The molecule has 11 heteroatoms. The average molecular weight is 432 g/mol. The first-order valence-corrected chi connectivity index (χ1v) is 12.4. The van der Waals surface area contributed by atoms with Crippen molar-refractivity contribution in [2.24, 2.45) is 5.92 Å². The van der Waals surface area contributed by atoms with Crippen LogP contribution in [0.4, 0.5) is 5.69 Å². The fourth-order valence-corrected chi connectivity index (χ4v) is 5.89. The van der Waals surface area contributed by atoms with Crippen LogP contribution in [0, 0.1) is 5.92 Å². The van der Waals surface area contributed by atoms with Crippen LogP contribution in [0.3, 0.4) is 0 Å². The number of anilines is 1. The monoisotopic (exact) mass is 431 g/mol. The molecule has 1 saturated carbocycles. The van der Waals surface area contributed by atoms with Crippen molar-refractivity contribution in [2.75, 3.05) is 16.6 Å². The number of benzene rings is 1. The van der Waals surface area contributed by atoms with E-state index < -0.39 is 26.1 Å². The Labute approximate surface area is 165 Å². The third kappa shape index (κ3) is 4.58. The minimum absolute atomic E-state index is 0.0305. The lowest BCUT2D eigenvalue weighted by Crippen LogP contribution is -2.43. The second-order valence-corrected chi connectivity index (χ2v) is 10.9. The number of phenols is 1. The molecule has 1 aliphatic heterocycles. The molecule has 156 valence electrons. The molecule has 0 aromatic heterocycles. The predicted octanol–water partition coefficient (Wildman–Crippen LogP) is 0.614. The van der Waals surface area contributed by atoms with Crippen LogP contribution in [0.25, 0.3) is 0 Å². The van der Waals surface area contributed by atoms with Gasteiger partial charge in [-0.05, 0) is 49.8 Å². The van der Waals surface area contributed by atoms with Gasteiger partial charge in [-0.15, -0.1) is 0 Å². The van der Waals surface area contributed by atoms with E-state index in [-0.39, 0.29) is 35.7 Å². The molecule has 3 rings (SSSR count). The highest BCUT2D eigenvalue weighted by molar-refractivity contribution is 7.92. The van der Waals surface area contributed by atoms with E-state index in [9.17, 15) is 26.7 Å². The zero-order valence-electron chi connectivity index (χ0n) is 15.6. The van der Waals surface area contributed by atoms with Crippen molar-refractivity contribution in [3.05, 3.63) is 23.8 Å². The zero-order chi connectivity index (χ0) is 20.5. The lowest BCUT2D eigenvalue weighted by Gasteiger charge is -2.32. The Balaban J connectivity index is 1.77. The number of aromatic hydroxyl groups is 1. The molecule has 9 nitrogen and oxygen atoms in total. The average Bonchev–Trinajstić information content (AvgIpc) is 2.89. The second kappa shape index (κ2) is 7.88. The maximum absolute atomic E-state index is 12.0. The quantitative estimate of drug-likeness (QED) is 0.605. The Morgan fingerprint density at radius 2 is 2.00 bits per heavy atom. The molecule has 0 unspecified atom stereocenters. The van der Waals surface area contributed by atoms with E-state index in [0.29, 0.717) is 6.42 Å². The van der Waals surface area contributed by atoms with Crippen LogP contribution in [0.2, 0.25) is 0 Å². The molecule has 2 aliphatic rings. The lowest BCUT2D eigenvalue weighted by molar-refractivity contribution is -0.117. The zero-order valence-corrected chi connectivity index (χ0v) is 17.2. The fraction of sp³-hybridized carbons (Fsp3) is 0.588. The maximum Gasteiger partial charge on any atom is 0.326 e. The largest absolute Gasteiger partial charge is 0.506 e. The number of carbonyl (C=O) groups excluding carboxylic acids is 1. The van der Waals surface area contributed by atoms with Crippen molar-refractivity contribution < 1.29 is 26.7 Å². The SMILES string of the molecule is CCS(=O)(=O)N[C@@H]1CCCC[C@H]1Cc1ccc(N2CC(=O)NS2(=O)=O)c(O)c1. The summed E-state index contributed by atoms with van der Waals surface area (Å²) in [5.41, 5.74) is 0.818. The van der Waals surface area contributed by atoms with Gasteiger partial charge in [0, 0.05) is 6.04 Å². The van der Waals surface area contributed by atoms with Gasteiger partial charge in [0.1, 0.15) is 12.3 Å². The van der Waals surface area contributed by atoms with Gasteiger partial charge in [-0.1, -0.05) is 18.9 Å². The summed E-state index contributed by atoms with van der Waals surface area (Å²) in [6, 6.07) is 4.50. The first-order chi connectivity index (χ1) is 13.1. The van der Waals surface area contributed by atoms with Crippen LogP contribution in [-0.4, -0.2) is 46.2 Å². The third-order valence-corrected chi connectivity index (χ3v) is 8.06. The summed E-state index contributed by atoms with van der Waals surface area (Å²) in [6.45, 7) is 1.22. The molecular weight excluding hydrogens is 406 g/mol. The van der Waals surface area contributed by atoms with Gasteiger partial charge in [0.15, 0.2) is 0 Å². The topological polar surface area (TPSA) is 133 Å². The molecule has 2 fully saturated rings. The summed E-state index contributed by atoms with van der Waals surface area (Å²) in [5, 5.41) is 10.3. The molecule has 0 bridgehead atoms. The number of hydrogen-bond donors (Lipinski definition) is 3. The second-order valence-electron chi connectivity index (χ2n) is 7.24. The summed E-state index contributed by atoms with van der Waals surface area (Å²) in [7, 11) is -7.29. The van der Waals surface area contributed by atoms with Gasteiger partial charge in [-0.3, -0.25) is 4.79 Å². The number of nitrogens with zero attached hydrogens (tertiary/aromatic N) is 1. The molecule has 1 heterocycles. The molecule has 3 N–H and O–H groups in total. The van der Waals surface area contributed by atoms with Crippen molar-refractivity contribution in [3.63, 3.8) is 0 Å². The fourth-order valence-electron chi connectivity index (χ4n) is 3.79. The van der Waals surface area contributed by atoms with Crippen LogP contribution in [0.15, 0.2) is 18.2 Å². The van der Waals surface area contributed by atoms with Crippen molar-refractivity contribution in [3.8, 4) is 5.75 Å². The van der Waals surface area contributed by atoms with Crippen molar-refractivity contribution >= 4 is 31.8 Å². The van der Waals surface area contributed by atoms with Crippen molar-refractivity contribution in [1.29, 1.82) is 0 Å². The van der Waals surface area contributed by atoms with E-state index in [4.69, 9.17) is 0 Å². The van der Waals surface area contributed by atoms with E-state index >= 15 is 0 Å². The van der Waals surface area contributed by atoms with E-state index in [0.717, 1.165) is 35.6 Å². The van der Waals surface area contributed by atoms with E-state index in [1.807, 2.05) is 4.72 Å². The van der Waals surface area contributed by atoms with Gasteiger partial charge < -0.3 is 5.11 Å². The molecule has 1 aliphatic carbocycles. The van der Waals surface area contributed by atoms with Gasteiger partial charge in [-0.25, -0.2) is 22.2 Å². The molecule has 28 heavy (non-hydrogen) atoms. The Kier molecular flexibility index (Phi) is 5.87. The van der Waals surface area contributed by atoms with Crippen molar-refractivity contribution in [2.45, 2.75) is 45.1 Å². The molecule has 1 saturated heterocycles. The Morgan fingerprint density at radius 1 is 1.29 bits per heavy atom. The lowest BCUT2D eigenvalue weighted by atomic mass is 9.81. The third-order valence-electron chi connectivity index (χ3n) is 5.25. The summed E-state index contributed by atoms with van der Waals surface area (Å²) in [4.78, 5) is 11.4. The van der Waals surface area contributed by atoms with Crippen LogP contribution in [-0.2, 0) is 31.4 Å². The highest BCUT2D eigenvalue weighted by Gasteiger charge is 2.35. The number of phenolic OH excluding ortho intramolecular Hbond substituents is 1. The van der Waals surface area contributed by atoms with Gasteiger partial charge in [0.05, 0.1) is 11.4 Å². The van der Waals surface area contributed by atoms with Crippen LogP contribution in [0.5, 0.6) is 5.75 Å². The number of amides is 1. The van der Waals surface area contributed by atoms with Gasteiger partial charge >= 0.3 is 10.2 Å². The van der Waals surface area contributed by atoms with Gasteiger partial charge in [0.2, 0.25) is 10.0 Å². The van der Waals surface area contributed by atoms with Crippen LogP contribution >= 0.6 is 0 Å². The molecule has 1 aromatic rings. The van der Waals surface area contributed by atoms with Crippen LogP contribution in [0.1, 0.15) is 38.2 Å². The molecule has 0 radical (unpaired) electrons. The Hall–Kier alpha value is -1.85. The number of hydrogen-bond acceptors (Lipinski definition) is 6. The van der Waals surface area contributed by atoms with Crippen molar-refractivity contribution in [1.82, 2.24) is 9.44 Å². The smallest absolute Gasteiger partial charge is 0.326 e. The molecule has 0 spiro atoms. The molecule has 1 aromatic carbocycles. The number of carbonyl (C=O) groups is 1.